The molecule has 0 radical (unpaired) electrons. The number of fused-ring (bicyclic) bond motifs is 8. The maximum absolute atomic E-state index is 5.21. The lowest BCUT2D eigenvalue weighted by Crippen LogP contribution is -2.10. The lowest BCUT2D eigenvalue weighted by atomic mass is 10.0. The number of hydrogen-bond donors (Lipinski definition) is 0. The molecule has 3 aromatic heterocycles. The van der Waals surface area contributed by atoms with Crippen molar-refractivity contribution in [2.45, 2.75) is 0 Å². The maximum atomic E-state index is 5.21. The summed E-state index contributed by atoms with van der Waals surface area (Å²) >= 11 is 5.49. The van der Waals surface area contributed by atoms with Crippen LogP contribution in [-0.4, -0.2) is 4.98 Å². The van der Waals surface area contributed by atoms with Crippen molar-refractivity contribution in [3.8, 4) is 44.0 Å². The first-order valence-corrected chi connectivity index (χ1v) is 22.5. The van der Waals surface area contributed by atoms with Gasteiger partial charge in [-0.1, -0.05) is 140 Å². The Balaban J connectivity index is 0.939. The summed E-state index contributed by atoms with van der Waals surface area (Å²) in [6.07, 6.45) is 0. The zero-order valence-electron chi connectivity index (χ0n) is 32.2. The van der Waals surface area contributed by atoms with Crippen molar-refractivity contribution in [1.29, 1.82) is 0 Å². The molecule has 12 rings (SSSR count). The van der Waals surface area contributed by atoms with Crippen LogP contribution < -0.4 is 4.90 Å². The molecular weight excluding hydrogens is 785 g/mol. The number of nitrogens with zero attached hydrogens (tertiary/aromatic N) is 2. The molecule has 0 unspecified atom stereocenters. The molecule has 9 aromatic carbocycles. The fourth-order valence-corrected chi connectivity index (χ4v) is 11.9. The van der Waals surface area contributed by atoms with Gasteiger partial charge in [-0.05, 0) is 100 Å². The molecule has 0 atom stereocenters. The Labute approximate surface area is 359 Å². The summed E-state index contributed by atoms with van der Waals surface area (Å²) in [7, 11) is 0. The molecule has 12 aromatic rings. The summed E-state index contributed by atoms with van der Waals surface area (Å²) in [6.45, 7) is 0. The Morgan fingerprint density at radius 3 is 1.72 bits per heavy atom. The number of thiophene rings is 2. The minimum absolute atomic E-state index is 1.06. The van der Waals surface area contributed by atoms with E-state index < -0.39 is 0 Å². The third-order valence-corrected chi connectivity index (χ3v) is 14.9. The van der Waals surface area contributed by atoms with Crippen LogP contribution in [0.1, 0.15) is 0 Å². The number of thiazole rings is 1. The van der Waals surface area contributed by atoms with Crippen molar-refractivity contribution in [3.05, 3.63) is 206 Å². The van der Waals surface area contributed by atoms with Gasteiger partial charge in [-0.2, -0.15) is 0 Å². The van der Waals surface area contributed by atoms with E-state index >= 15 is 0 Å². The van der Waals surface area contributed by atoms with E-state index in [1.807, 2.05) is 22.7 Å². The van der Waals surface area contributed by atoms with Gasteiger partial charge in [0, 0.05) is 63.0 Å². The first-order valence-electron chi connectivity index (χ1n) is 20.1. The van der Waals surface area contributed by atoms with Crippen LogP contribution in [-0.2, 0) is 0 Å². The topological polar surface area (TPSA) is 16.1 Å². The average Bonchev–Trinajstić information content (AvgIpc) is 4.04. The molecule has 0 N–H and O–H groups in total. The molecule has 0 saturated carbocycles. The second kappa shape index (κ2) is 14.4. The number of anilines is 3. The largest absolute Gasteiger partial charge is 0.310 e. The van der Waals surface area contributed by atoms with Crippen LogP contribution in [0.5, 0.6) is 0 Å². The van der Waals surface area contributed by atoms with Crippen LogP contribution in [0.2, 0.25) is 0 Å². The smallest absolute Gasteiger partial charge is 0.124 e. The molecule has 5 heteroatoms. The summed E-state index contributed by atoms with van der Waals surface area (Å²) in [4.78, 5) is 7.59. The average molecular weight is 819 g/mol. The molecular formula is C55H34N2S3. The predicted octanol–water partition coefficient (Wildman–Crippen LogP) is 17.2. The molecule has 2 nitrogen and oxygen atoms in total. The van der Waals surface area contributed by atoms with Gasteiger partial charge in [0.2, 0.25) is 0 Å². The van der Waals surface area contributed by atoms with Gasteiger partial charge in [0.25, 0.3) is 0 Å². The van der Waals surface area contributed by atoms with Crippen molar-refractivity contribution in [2.24, 2.45) is 0 Å². The van der Waals surface area contributed by atoms with E-state index in [0.29, 0.717) is 0 Å². The molecule has 0 amide bonds. The second-order valence-corrected chi connectivity index (χ2v) is 18.3. The Hall–Kier alpha value is -6.89. The summed E-state index contributed by atoms with van der Waals surface area (Å²) in [6, 6.07) is 75.0. The summed E-state index contributed by atoms with van der Waals surface area (Å²) < 4.78 is 6.43. The number of hydrogen-bond acceptors (Lipinski definition) is 5. The molecule has 0 aliphatic rings. The SMILES string of the molecule is c1ccc(-c2cccc(N(c3ccc(-c4ccc5sc6ccc7sc(-c8ccccc8)nc7c6c5c4)cc3)c3ccc(-c4cccc5c4sc4ccccc45)cc3)c2)cc1. The highest BCUT2D eigenvalue weighted by atomic mass is 32.1. The highest BCUT2D eigenvalue weighted by Crippen LogP contribution is 2.45. The summed E-state index contributed by atoms with van der Waals surface area (Å²) in [5.41, 5.74) is 12.8. The third kappa shape index (κ3) is 6.01. The van der Waals surface area contributed by atoms with Crippen LogP contribution in [0.25, 0.3) is 94.5 Å². The van der Waals surface area contributed by atoms with Crippen LogP contribution in [0, 0.1) is 0 Å². The predicted molar refractivity (Wildman–Crippen MR) is 262 cm³/mol. The minimum atomic E-state index is 1.06. The monoisotopic (exact) mass is 818 g/mol. The number of rotatable bonds is 7. The number of benzene rings is 9. The van der Waals surface area contributed by atoms with E-state index in [9.17, 15) is 0 Å². The molecule has 0 aliphatic carbocycles. The van der Waals surface area contributed by atoms with Crippen molar-refractivity contribution in [1.82, 2.24) is 4.98 Å². The van der Waals surface area contributed by atoms with Crippen LogP contribution in [0.15, 0.2) is 206 Å². The Morgan fingerprint density at radius 2 is 0.917 bits per heavy atom. The fourth-order valence-electron chi connectivity index (χ4n) is 8.61. The van der Waals surface area contributed by atoms with Gasteiger partial charge in [-0.15, -0.1) is 34.0 Å². The minimum Gasteiger partial charge on any atom is -0.310 e. The molecule has 0 bridgehead atoms. The summed E-state index contributed by atoms with van der Waals surface area (Å²) in [5, 5.41) is 6.21. The standard InChI is InChI=1S/C55H34N2S3/c1-3-11-35(12-4-1)39-15-9-16-43(33-39)57(42-28-23-37(24-29-42)44-18-10-19-46-45-17-7-8-20-48(45)59-54(44)46)41-26-21-36(22-27-41)40-25-30-49-47(34-40)52-50(58-49)31-32-51-53(52)56-55(60-51)38-13-5-2-6-14-38/h1-34H. The fraction of sp³-hybridized carbons (Fsp3) is 0. The Morgan fingerprint density at radius 1 is 0.333 bits per heavy atom. The molecule has 0 fully saturated rings. The van der Waals surface area contributed by atoms with Gasteiger partial charge >= 0.3 is 0 Å². The lowest BCUT2D eigenvalue weighted by molar-refractivity contribution is 1.28. The first-order chi connectivity index (χ1) is 29.7. The van der Waals surface area contributed by atoms with Crippen molar-refractivity contribution >= 4 is 102 Å². The zero-order chi connectivity index (χ0) is 39.6. The molecule has 3 heterocycles. The Kier molecular flexibility index (Phi) is 8.44. The molecule has 282 valence electrons. The molecule has 0 spiro atoms. The van der Waals surface area contributed by atoms with Crippen LogP contribution in [0.4, 0.5) is 17.1 Å². The normalized spacial score (nSPS) is 11.7. The molecule has 0 saturated heterocycles. The van der Waals surface area contributed by atoms with Gasteiger partial charge < -0.3 is 4.90 Å². The van der Waals surface area contributed by atoms with E-state index in [0.717, 1.165) is 33.1 Å². The molecule has 60 heavy (non-hydrogen) atoms. The van der Waals surface area contributed by atoms with Gasteiger partial charge in [-0.25, -0.2) is 4.98 Å². The maximum Gasteiger partial charge on any atom is 0.124 e. The van der Waals surface area contributed by atoms with Crippen molar-refractivity contribution < 1.29 is 0 Å². The quantitative estimate of drug-likeness (QED) is 0.159. The first kappa shape index (κ1) is 35.1. The number of aromatic nitrogens is 1. The Bertz CT molecular complexity index is 3530. The van der Waals surface area contributed by atoms with Crippen molar-refractivity contribution in [2.75, 3.05) is 4.90 Å². The lowest BCUT2D eigenvalue weighted by Gasteiger charge is -2.26. The van der Waals surface area contributed by atoms with Crippen LogP contribution >= 0.6 is 34.0 Å². The van der Waals surface area contributed by atoms with Gasteiger partial charge in [0.15, 0.2) is 0 Å². The van der Waals surface area contributed by atoms with E-state index in [1.165, 1.54) is 78.4 Å². The highest BCUT2D eigenvalue weighted by Gasteiger charge is 2.18. The van der Waals surface area contributed by atoms with E-state index in [2.05, 4.69) is 211 Å². The molecule has 0 aliphatic heterocycles. The van der Waals surface area contributed by atoms with Gasteiger partial charge in [-0.3, -0.25) is 0 Å². The third-order valence-electron chi connectivity index (χ3n) is 11.5. The van der Waals surface area contributed by atoms with E-state index in [1.54, 1.807) is 11.3 Å². The van der Waals surface area contributed by atoms with Gasteiger partial charge in [0.05, 0.1) is 10.2 Å². The zero-order valence-corrected chi connectivity index (χ0v) is 34.7. The van der Waals surface area contributed by atoms with Crippen molar-refractivity contribution in [3.63, 3.8) is 0 Å². The second-order valence-electron chi connectivity index (χ2n) is 15.1. The van der Waals surface area contributed by atoms with E-state index in [4.69, 9.17) is 4.98 Å². The van der Waals surface area contributed by atoms with E-state index in [-0.39, 0.29) is 0 Å². The highest BCUT2D eigenvalue weighted by molar-refractivity contribution is 7.27. The van der Waals surface area contributed by atoms with Gasteiger partial charge in [0.1, 0.15) is 5.01 Å². The van der Waals surface area contributed by atoms with Crippen LogP contribution in [0.3, 0.4) is 0 Å². The summed E-state index contributed by atoms with van der Waals surface area (Å²) in [5.74, 6) is 0.